The lowest BCUT2D eigenvalue weighted by Gasteiger charge is -2.62. The first kappa shape index (κ1) is 40.0. The maximum absolute atomic E-state index is 14.0. The SMILES string of the molecule is CC(NCCC(c1ccccc1)c1ccccc1)c1ccccc1.CC1(C)C(=O)C=CC2(C)C1=C(O)C(=O)C1(C)C2CCC2(C)C(c3ccoc3)CC3OC321.Cl. The fourth-order valence-corrected chi connectivity index (χ4v) is 12.0. The Kier molecular flexibility index (Phi) is 10.4. The van der Waals surface area contributed by atoms with Crippen LogP contribution >= 0.6 is 12.4 Å². The molecule has 8 atom stereocenters. The Morgan fingerprint density at radius 2 is 1.43 bits per heavy atom. The van der Waals surface area contributed by atoms with E-state index in [1.54, 1.807) is 12.3 Å². The fraction of sp³-hybridized carbons (Fsp3) is 0.429. The van der Waals surface area contributed by atoms with Crippen LogP contribution in [0, 0.1) is 27.6 Å². The summed E-state index contributed by atoms with van der Waals surface area (Å²) in [7, 11) is 0. The number of hydrogen-bond acceptors (Lipinski definition) is 6. The zero-order valence-corrected chi connectivity index (χ0v) is 34.3. The third-order valence-corrected chi connectivity index (χ3v) is 14.8. The average Bonchev–Trinajstić information content (AvgIpc) is 3.54. The van der Waals surface area contributed by atoms with Crippen molar-refractivity contribution in [3.8, 4) is 0 Å². The van der Waals surface area contributed by atoms with Crippen LogP contribution in [-0.2, 0) is 14.3 Å². The van der Waals surface area contributed by atoms with E-state index in [1.165, 1.54) is 22.3 Å². The number of carbonyl (C=O) groups excluding carboxylic acids is 2. The smallest absolute Gasteiger partial charge is 0.206 e. The van der Waals surface area contributed by atoms with E-state index < -0.39 is 21.8 Å². The van der Waals surface area contributed by atoms with Crippen molar-refractivity contribution in [3.63, 3.8) is 0 Å². The summed E-state index contributed by atoms with van der Waals surface area (Å²) in [5.41, 5.74) is 2.72. The van der Waals surface area contributed by atoms with Gasteiger partial charge in [0.2, 0.25) is 5.78 Å². The number of aliphatic hydroxyl groups excluding tert-OH is 1. The molecule has 2 N–H and O–H groups in total. The predicted molar refractivity (Wildman–Crippen MR) is 223 cm³/mol. The Balaban J connectivity index is 0.000000175. The van der Waals surface area contributed by atoms with Crippen LogP contribution in [0.4, 0.5) is 0 Å². The topological polar surface area (TPSA) is 92.1 Å². The summed E-state index contributed by atoms with van der Waals surface area (Å²) in [6.45, 7) is 13.2. The van der Waals surface area contributed by atoms with Gasteiger partial charge in [0.25, 0.3) is 0 Å². The number of furan rings is 1. The zero-order valence-electron chi connectivity index (χ0n) is 33.5. The van der Waals surface area contributed by atoms with E-state index in [4.69, 9.17) is 9.15 Å². The molecule has 8 unspecified atom stereocenters. The molecule has 1 spiro atoms. The van der Waals surface area contributed by atoms with E-state index >= 15 is 0 Å². The van der Waals surface area contributed by atoms with Gasteiger partial charge in [0.15, 0.2) is 11.5 Å². The predicted octanol–water partition coefficient (Wildman–Crippen LogP) is 10.9. The van der Waals surface area contributed by atoms with Crippen LogP contribution < -0.4 is 5.32 Å². The Hall–Kier alpha value is -4.23. The van der Waals surface area contributed by atoms with Crippen LogP contribution in [0.5, 0.6) is 0 Å². The number of Topliss-reactive ketones (excluding diaryl/α,β-unsaturated/α-hetero) is 1. The van der Waals surface area contributed by atoms with Gasteiger partial charge in [-0.05, 0) is 112 Å². The minimum atomic E-state index is -0.901. The number of allylic oxidation sites excluding steroid dienone is 4. The number of epoxide rings is 1. The van der Waals surface area contributed by atoms with E-state index in [2.05, 4.69) is 117 Å². The Bertz CT molecular complexity index is 2070. The van der Waals surface area contributed by atoms with Gasteiger partial charge in [-0.3, -0.25) is 9.59 Å². The van der Waals surface area contributed by atoms with Gasteiger partial charge < -0.3 is 19.6 Å². The molecule has 294 valence electrons. The van der Waals surface area contributed by atoms with Gasteiger partial charge >= 0.3 is 0 Å². The molecule has 9 rings (SSSR count). The number of ketones is 2. The first-order valence-corrected chi connectivity index (χ1v) is 20.1. The van der Waals surface area contributed by atoms with Crippen LogP contribution in [-0.4, -0.2) is 34.9 Å². The number of hydrogen-bond donors (Lipinski definition) is 2. The van der Waals surface area contributed by atoms with Gasteiger partial charge in [-0.2, -0.15) is 0 Å². The normalized spacial score (nSPS) is 32.6. The monoisotopic (exact) mass is 773 g/mol. The van der Waals surface area contributed by atoms with E-state index in [0.29, 0.717) is 17.5 Å². The molecule has 4 aromatic rings. The number of aliphatic hydroxyl groups is 1. The molecule has 1 saturated heterocycles. The number of carbonyl (C=O) groups is 2. The van der Waals surface area contributed by atoms with Crippen LogP contribution in [0.25, 0.3) is 0 Å². The van der Waals surface area contributed by atoms with Crippen LogP contribution in [0.1, 0.15) is 107 Å². The third kappa shape index (κ3) is 5.89. The molecule has 0 bridgehead atoms. The number of rotatable bonds is 8. The maximum atomic E-state index is 14.0. The standard InChI is InChI=1S/C26H30O5.C23H25N.ClH/c1-22(2)17(27)7-9-23(3)16-6-10-24(4)15(14-8-11-30-13-14)12-18-26(24,31-18)25(16,5)21(29)19(28)20(22)23;1-19(20-11-5-2-6-12-20)24-18-17-23(21-13-7-3-8-14-21)22-15-9-4-10-16-22;/h7-9,11,13,15-16,18,28H,6,10,12H2,1-5H3;2-16,19,23-24H,17-18H2,1H3;1H. The summed E-state index contributed by atoms with van der Waals surface area (Å²) in [5, 5.41) is 15.0. The largest absolute Gasteiger partial charge is 0.504 e. The number of fused-ring (bicyclic) bond motifs is 3. The number of halogens is 1. The molecule has 6 nitrogen and oxygen atoms in total. The quantitative estimate of drug-likeness (QED) is 0.173. The van der Waals surface area contributed by atoms with Gasteiger partial charge in [0.05, 0.1) is 29.5 Å². The summed E-state index contributed by atoms with van der Waals surface area (Å²) in [6, 6.07) is 34.7. The second-order valence-corrected chi connectivity index (χ2v) is 17.8. The lowest BCUT2D eigenvalue weighted by Crippen LogP contribution is -2.66. The molecule has 0 radical (unpaired) electrons. The lowest BCUT2D eigenvalue weighted by atomic mass is 9.39. The number of benzene rings is 3. The minimum absolute atomic E-state index is 0. The molecule has 2 saturated carbocycles. The molecule has 2 heterocycles. The van der Waals surface area contributed by atoms with E-state index in [1.807, 2.05) is 39.2 Å². The highest BCUT2D eigenvalue weighted by Gasteiger charge is 2.87. The minimum Gasteiger partial charge on any atom is -0.504 e. The van der Waals surface area contributed by atoms with E-state index in [9.17, 15) is 14.7 Å². The highest BCUT2D eigenvalue weighted by atomic mass is 35.5. The van der Waals surface area contributed by atoms with Crippen molar-refractivity contribution >= 4 is 24.0 Å². The Morgan fingerprint density at radius 3 is 2.00 bits per heavy atom. The second-order valence-electron chi connectivity index (χ2n) is 17.8. The van der Waals surface area contributed by atoms with Gasteiger partial charge in [-0.1, -0.05) is 111 Å². The van der Waals surface area contributed by atoms with Crippen LogP contribution in [0.15, 0.2) is 137 Å². The molecule has 3 aromatic carbocycles. The van der Waals surface area contributed by atoms with Crippen LogP contribution in [0.3, 0.4) is 0 Å². The molecule has 3 fully saturated rings. The van der Waals surface area contributed by atoms with Gasteiger partial charge in [-0.25, -0.2) is 0 Å². The summed E-state index contributed by atoms with van der Waals surface area (Å²) < 4.78 is 11.9. The molecule has 4 aliphatic carbocycles. The molecule has 7 heteroatoms. The molecular formula is C49H56ClNO5. The highest BCUT2D eigenvalue weighted by molar-refractivity contribution is 6.06. The molecule has 1 aliphatic heterocycles. The first-order valence-electron chi connectivity index (χ1n) is 20.1. The van der Waals surface area contributed by atoms with E-state index in [0.717, 1.165) is 32.2 Å². The zero-order chi connectivity index (χ0) is 38.8. The fourth-order valence-electron chi connectivity index (χ4n) is 12.0. The second kappa shape index (κ2) is 14.6. The van der Waals surface area contributed by atoms with Crippen molar-refractivity contribution in [2.75, 3.05) is 6.54 Å². The Labute approximate surface area is 338 Å². The van der Waals surface area contributed by atoms with Crippen molar-refractivity contribution in [1.82, 2.24) is 5.32 Å². The van der Waals surface area contributed by atoms with Crippen molar-refractivity contribution < 1.29 is 23.8 Å². The summed E-state index contributed by atoms with van der Waals surface area (Å²) in [6.07, 6.45) is 10.8. The van der Waals surface area contributed by atoms with Gasteiger partial charge in [-0.15, -0.1) is 12.4 Å². The molecule has 5 aliphatic rings. The van der Waals surface area contributed by atoms with E-state index in [-0.39, 0.29) is 53.1 Å². The maximum Gasteiger partial charge on any atom is 0.206 e. The summed E-state index contributed by atoms with van der Waals surface area (Å²) in [5.74, 6) is 0.121. The molecule has 0 amide bonds. The Morgan fingerprint density at radius 1 is 0.839 bits per heavy atom. The average molecular weight is 774 g/mol. The van der Waals surface area contributed by atoms with Crippen molar-refractivity contribution in [2.24, 2.45) is 27.6 Å². The van der Waals surface area contributed by atoms with Crippen molar-refractivity contribution in [3.05, 3.63) is 155 Å². The molecule has 56 heavy (non-hydrogen) atoms. The summed E-state index contributed by atoms with van der Waals surface area (Å²) >= 11 is 0. The van der Waals surface area contributed by atoms with Crippen molar-refractivity contribution in [2.45, 2.75) is 96.8 Å². The third-order valence-electron chi connectivity index (χ3n) is 14.8. The van der Waals surface area contributed by atoms with Gasteiger partial charge in [0.1, 0.15) is 5.60 Å². The number of nitrogens with one attached hydrogen (secondary N) is 1. The number of ether oxygens (including phenoxy) is 1. The highest BCUT2D eigenvalue weighted by Crippen LogP contribution is 2.81. The summed E-state index contributed by atoms with van der Waals surface area (Å²) in [4.78, 5) is 26.7. The van der Waals surface area contributed by atoms with Crippen molar-refractivity contribution in [1.29, 1.82) is 0 Å². The lowest BCUT2D eigenvalue weighted by molar-refractivity contribution is -0.162. The van der Waals surface area contributed by atoms with Gasteiger partial charge in [0, 0.05) is 22.8 Å². The molecular weight excluding hydrogens is 718 g/mol. The first-order chi connectivity index (χ1) is 26.3. The molecule has 1 aromatic heterocycles. The van der Waals surface area contributed by atoms with Crippen LogP contribution in [0.2, 0.25) is 0 Å².